The Morgan fingerprint density at radius 1 is 0.545 bits per heavy atom. The van der Waals surface area contributed by atoms with Gasteiger partial charge in [0, 0.05) is 0 Å². The molecule has 0 saturated heterocycles. The van der Waals surface area contributed by atoms with Gasteiger partial charge in [0.25, 0.3) is 0 Å². The second kappa shape index (κ2) is 18.2. The van der Waals surface area contributed by atoms with E-state index in [9.17, 15) is 29.7 Å². The van der Waals surface area contributed by atoms with E-state index in [0.717, 1.165) is 18.2 Å². The van der Waals surface area contributed by atoms with Crippen LogP contribution in [0.3, 0.4) is 0 Å². The van der Waals surface area contributed by atoms with E-state index in [4.69, 9.17) is 0 Å². The van der Waals surface area contributed by atoms with Gasteiger partial charge < -0.3 is 15.3 Å². The molecule has 7 heteroatoms. The zero-order valence-corrected chi connectivity index (χ0v) is 15.2. The van der Waals surface area contributed by atoms with E-state index >= 15 is 0 Å². The van der Waals surface area contributed by atoms with Crippen molar-refractivity contribution >= 4 is 17.3 Å². The SMILES string of the molecule is CC(=O)C=C(C)[O-].CC(=O)C=C(C)[O-].CC(=O)C=C(C)[O-].[Yb+3]. The Morgan fingerprint density at radius 2 is 0.682 bits per heavy atom. The molecule has 0 aromatic heterocycles. The van der Waals surface area contributed by atoms with Crippen LogP contribution in [0.1, 0.15) is 41.5 Å². The molecule has 0 fully saturated rings. The summed E-state index contributed by atoms with van der Waals surface area (Å²) < 4.78 is 0. The Morgan fingerprint density at radius 3 is 0.682 bits per heavy atom. The van der Waals surface area contributed by atoms with Gasteiger partial charge in [-0.15, -0.1) is 17.3 Å². The van der Waals surface area contributed by atoms with Crippen LogP contribution in [-0.2, 0) is 14.4 Å². The molecule has 0 rings (SSSR count). The van der Waals surface area contributed by atoms with E-state index in [-0.39, 0.29) is 81.6 Å². The predicted octanol–water partition coefficient (Wildman–Crippen LogP) is -0.481. The molecule has 0 heterocycles. The molecule has 6 nitrogen and oxygen atoms in total. The van der Waals surface area contributed by atoms with E-state index in [1.165, 1.54) is 41.5 Å². The number of rotatable bonds is 3. The van der Waals surface area contributed by atoms with Crippen LogP contribution in [0, 0.1) is 46.9 Å². The average Bonchev–Trinajstić information content (AvgIpc) is 2.10. The normalized spacial score (nSPS) is 10.9. The summed E-state index contributed by atoms with van der Waals surface area (Å²) in [6.45, 7) is 8.09. The maximum absolute atomic E-state index is 9.98. The van der Waals surface area contributed by atoms with Crippen LogP contribution >= 0.6 is 0 Å². The molecule has 0 N–H and O–H groups in total. The monoisotopic (exact) mass is 471 g/mol. The summed E-state index contributed by atoms with van der Waals surface area (Å²) in [5.41, 5.74) is 0. The van der Waals surface area contributed by atoms with Gasteiger partial charge >= 0.3 is 46.9 Å². The summed E-state index contributed by atoms with van der Waals surface area (Å²) in [4.78, 5) is 29.9. The predicted molar refractivity (Wildman–Crippen MR) is 73.3 cm³/mol. The van der Waals surface area contributed by atoms with Gasteiger partial charge in [-0.25, -0.2) is 0 Å². The molecule has 0 aromatic carbocycles. The average molecular weight is 470 g/mol. The van der Waals surface area contributed by atoms with Gasteiger partial charge in [-0.3, -0.25) is 14.4 Å². The first-order valence-corrected chi connectivity index (χ1v) is 5.96. The quantitative estimate of drug-likeness (QED) is 0.406. The summed E-state index contributed by atoms with van der Waals surface area (Å²) >= 11 is 0. The number of hydrogen-bond acceptors (Lipinski definition) is 6. The van der Waals surface area contributed by atoms with Crippen molar-refractivity contribution in [1.29, 1.82) is 0 Å². The van der Waals surface area contributed by atoms with Crippen LogP contribution in [0.5, 0.6) is 0 Å². The molecule has 0 aromatic rings. The maximum Gasteiger partial charge on any atom is 3.00 e. The number of carbonyl (C=O) groups excluding carboxylic acids is 3. The minimum Gasteiger partial charge on any atom is -0.876 e. The molecule has 22 heavy (non-hydrogen) atoms. The van der Waals surface area contributed by atoms with Gasteiger partial charge in [0.05, 0.1) is 0 Å². The van der Waals surface area contributed by atoms with E-state index < -0.39 is 0 Å². The fraction of sp³-hybridized carbons (Fsp3) is 0.400. The van der Waals surface area contributed by atoms with Gasteiger partial charge in [0.15, 0.2) is 17.3 Å². The molecule has 0 amide bonds. The minimum absolute atomic E-state index is 0. The standard InChI is InChI=1S/3C5H8O2.Yb/c3*1-4(6)3-5(2)7;/h3*3,6H,1-2H3;/q;;;+3/p-3. The van der Waals surface area contributed by atoms with Crippen LogP contribution in [0.4, 0.5) is 0 Å². The summed E-state index contributed by atoms with van der Waals surface area (Å²) in [5, 5.41) is 29.9. The molecular weight excluding hydrogens is 449 g/mol. The molecule has 0 spiro atoms. The molecule has 1 radical (unpaired) electrons. The molecule has 131 valence electrons. The molecule has 0 aliphatic heterocycles. The van der Waals surface area contributed by atoms with E-state index in [0.29, 0.717) is 0 Å². The number of hydrogen-bond donors (Lipinski definition) is 0. The summed E-state index contributed by atoms with van der Waals surface area (Å²) in [5.74, 6) is -1.12. The topological polar surface area (TPSA) is 120 Å². The van der Waals surface area contributed by atoms with Crippen molar-refractivity contribution < 1.29 is 76.6 Å². The molecule has 0 bridgehead atoms. The van der Waals surface area contributed by atoms with Crippen molar-refractivity contribution in [2.45, 2.75) is 41.5 Å². The van der Waals surface area contributed by atoms with Gasteiger partial charge in [0.1, 0.15) is 0 Å². The van der Waals surface area contributed by atoms with Gasteiger partial charge in [-0.05, 0) is 39.0 Å². The summed E-state index contributed by atoms with van der Waals surface area (Å²) in [7, 11) is 0. The number of allylic oxidation sites excluding steroid dienone is 6. The van der Waals surface area contributed by atoms with Crippen LogP contribution in [0.15, 0.2) is 35.5 Å². The molecule has 0 atom stereocenters. The first kappa shape index (κ1) is 29.2. The second-order valence-corrected chi connectivity index (χ2v) is 4.10. The summed E-state index contributed by atoms with van der Waals surface area (Å²) in [6.07, 6.45) is 3.17. The zero-order valence-electron chi connectivity index (χ0n) is 13.4. The first-order valence-electron chi connectivity index (χ1n) is 5.96. The van der Waals surface area contributed by atoms with Gasteiger partial charge in [-0.1, -0.05) is 20.8 Å². The van der Waals surface area contributed by atoms with E-state index in [1.54, 1.807) is 0 Å². The first-order chi connectivity index (χ1) is 9.38. The third-order valence-corrected chi connectivity index (χ3v) is 1.22. The Labute approximate surface area is 169 Å². The minimum atomic E-state index is -0.187. The second-order valence-electron chi connectivity index (χ2n) is 4.10. The van der Waals surface area contributed by atoms with Crippen LogP contribution in [-0.4, -0.2) is 17.3 Å². The number of ketones is 3. The third-order valence-electron chi connectivity index (χ3n) is 1.22. The molecule has 0 aliphatic rings. The molecule has 0 saturated carbocycles. The number of carbonyl (C=O) groups is 3. The van der Waals surface area contributed by atoms with Crippen molar-refractivity contribution in [1.82, 2.24) is 0 Å². The largest absolute Gasteiger partial charge is 3.00 e. The van der Waals surface area contributed by atoms with Crippen molar-refractivity contribution in [2.75, 3.05) is 0 Å². The van der Waals surface area contributed by atoms with Gasteiger partial charge in [0.2, 0.25) is 0 Å². The molecular formula is C15H21O6Yb. The van der Waals surface area contributed by atoms with E-state index in [1.807, 2.05) is 0 Å². The zero-order chi connectivity index (χ0) is 17.6. The van der Waals surface area contributed by atoms with Crippen molar-refractivity contribution in [3.63, 3.8) is 0 Å². The van der Waals surface area contributed by atoms with Crippen LogP contribution < -0.4 is 15.3 Å². The Bertz CT molecular complexity index is 368. The Hall–Kier alpha value is -0.851. The summed E-state index contributed by atoms with van der Waals surface area (Å²) in [6, 6.07) is 0. The molecule has 0 aliphatic carbocycles. The fourth-order valence-electron chi connectivity index (χ4n) is 0.859. The maximum atomic E-state index is 9.98. The van der Waals surface area contributed by atoms with Crippen LogP contribution in [0.25, 0.3) is 0 Å². The smallest absolute Gasteiger partial charge is 0.876 e. The van der Waals surface area contributed by atoms with Crippen molar-refractivity contribution in [3.8, 4) is 0 Å². The fourth-order valence-corrected chi connectivity index (χ4v) is 0.859. The third kappa shape index (κ3) is 50.7. The van der Waals surface area contributed by atoms with Crippen molar-refractivity contribution in [2.24, 2.45) is 0 Å². The van der Waals surface area contributed by atoms with Gasteiger partial charge in [-0.2, -0.15) is 0 Å². The van der Waals surface area contributed by atoms with Crippen molar-refractivity contribution in [3.05, 3.63) is 35.5 Å². The van der Waals surface area contributed by atoms with Crippen LogP contribution in [0.2, 0.25) is 0 Å². The van der Waals surface area contributed by atoms with E-state index in [2.05, 4.69) is 0 Å². The molecule has 0 unspecified atom stereocenters. The Kier molecular flexibility index (Phi) is 24.2. The Balaban J connectivity index is -0.000000108.